The molecule has 0 saturated carbocycles. The Morgan fingerprint density at radius 3 is 2.36 bits per heavy atom. The number of amidine groups is 1. The summed E-state index contributed by atoms with van der Waals surface area (Å²) >= 11 is 0. The summed E-state index contributed by atoms with van der Waals surface area (Å²) in [5.41, 5.74) is 2.42. The molecule has 1 aromatic heterocycles. The Morgan fingerprint density at radius 2 is 1.88 bits per heavy atom. The van der Waals surface area contributed by atoms with Gasteiger partial charge in [0.2, 0.25) is 0 Å². The quantitative estimate of drug-likeness (QED) is 0.355. The maximum absolute atomic E-state index is 11.9. The van der Waals surface area contributed by atoms with Gasteiger partial charge in [-0.25, -0.2) is 9.98 Å². The first-order valence-corrected chi connectivity index (χ1v) is 7.38. The molecule has 0 amide bonds. The number of hydrogen-bond acceptors (Lipinski definition) is 5. The summed E-state index contributed by atoms with van der Waals surface area (Å²) in [4.78, 5) is 34.6. The van der Waals surface area contributed by atoms with Gasteiger partial charge in [0.15, 0.2) is 5.78 Å². The predicted octanol–water partition coefficient (Wildman–Crippen LogP) is 2.54. The first-order chi connectivity index (χ1) is 11.7. The summed E-state index contributed by atoms with van der Waals surface area (Å²) in [5.74, 6) is -0.818. The topological polar surface area (TPSA) is 109 Å². The van der Waals surface area contributed by atoms with Crippen LogP contribution in [0.2, 0.25) is 0 Å². The molecular weight excluding hydrogens is 322 g/mol. The van der Waals surface area contributed by atoms with Crippen LogP contribution < -0.4 is 0 Å². The molecule has 8 nitrogen and oxygen atoms in total. The van der Waals surface area contributed by atoms with Gasteiger partial charge in [-0.2, -0.15) is 5.10 Å². The normalized spacial score (nSPS) is 12.9. The standard InChI is InChI=1S/C17H21N5O3/c1-10(8-20-13(4)18-5)15(19-6)7-14-11(2)22(9-16(24)25)21-17(14)12(3)23/h7-8H,5-6,9H2,1-4H3,(H,24,25)/b10-8+,15-7-,20-13-. The molecule has 0 aromatic carbocycles. The van der Waals surface area contributed by atoms with Crippen LogP contribution in [-0.4, -0.2) is 45.9 Å². The number of carbonyl (C=O) groups is 2. The van der Waals surface area contributed by atoms with E-state index in [1.807, 2.05) is 0 Å². The second-order valence-electron chi connectivity index (χ2n) is 5.29. The van der Waals surface area contributed by atoms with Gasteiger partial charge in [-0.05, 0) is 45.9 Å². The number of aliphatic carboxylic acids is 1. The minimum atomic E-state index is -1.05. The fourth-order valence-electron chi connectivity index (χ4n) is 1.99. The van der Waals surface area contributed by atoms with Gasteiger partial charge in [0.25, 0.3) is 0 Å². The first kappa shape index (κ1) is 19.9. The second kappa shape index (κ2) is 8.62. The van der Waals surface area contributed by atoms with Gasteiger partial charge >= 0.3 is 5.97 Å². The molecule has 0 saturated heterocycles. The molecule has 0 bridgehead atoms. The van der Waals surface area contributed by atoms with E-state index in [-0.39, 0.29) is 18.0 Å². The molecule has 8 heteroatoms. The number of carbonyl (C=O) groups excluding carboxylic acids is 1. The highest BCUT2D eigenvalue weighted by Crippen LogP contribution is 2.22. The molecule has 1 heterocycles. The molecule has 0 aliphatic carbocycles. The lowest BCUT2D eigenvalue weighted by Gasteiger charge is -2.03. The van der Waals surface area contributed by atoms with Crippen LogP contribution in [-0.2, 0) is 11.3 Å². The van der Waals surface area contributed by atoms with E-state index in [9.17, 15) is 9.59 Å². The number of hydrogen-bond donors (Lipinski definition) is 1. The van der Waals surface area contributed by atoms with Crippen molar-refractivity contribution in [1.82, 2.24) is 9.78 Å². The molecule has 1 aromatic rings. The highest BCUT2D eigenvalue weighted by molar-refractivity contribution is 5.96. The molecule has 1 N–H and O–H groups in total. The highest BCUT2D eigenvalue weighted by Gasteiger charge is 2.18. The fraction of sp³-hybridized carbons (Fsp3) is 0.294. The minimum absolute atomic E-state index is 0.181. The Morgan fingerprint density at radius 1 is 1.24 bits per heavy atom. The number of rotatable bonds is 7. The monoisotopic (exact) mass is 343 g/mol. The summed E-state index contributed by atoms with van der Waals surface area (Å²) in [6.45, 7) is 13.1. The number of aromatic nitrogens is 2. The van der Waals surface area contributed by atoms with Crippen LogP contribution in [0.1, 0.15) is 42.5 Å². The van der Waals surface area contributed by atoms with Crippen molar-refractivity contribution in [3.63, 3.8) is 0 Å². The fourth-order valence-corrected chi connectivity index (χ4v) is 1.99. The third-order valence-electron chi connectivity index (χ3n) is 3.40. The van der Waals surface area contributed by atoms with E-state index in [2.05, 4.69) is 33.5 Å². The maximum Gasteiger partial charge on any atom is 0.325 e. The van der Waals surface area contributed by atoms with E-state index in [4.69, 9.17) is 5.11 Å². The van der Waals surface area contributed by atoms with Gasteiger partial charge < -0.3 is 5.11 Å². The summed E-state index contributed by atoms with van der Waals surface area (Å²) in [5, 5.41) is 13.1. The lowest BCUT2D eigenvalue weighted by Crippen LogP contribution is -2.12. The third kappa shape index (κ3) is 5.17. The lowest BCUT2D eigenvalue weighted by atomic mass is 10.1. The molecular formula is C17H21N5O3. The SMILES string of the molecule is C=NC(=C\c1c(C(C)=O)nn(CC(=O)O)c1C)/C(C)=C/N=C(/C)N=C. The number of carboxylic acids is 1. The summed E-state index contributed by atoms with van der Waals surface area (Å²) in [6.07, 6.45) is 3.21. The zero-order valence-electron chi connectivity index (χ0n) is 14.8. The van der Waals surface area contributed by atoms with Crippen molar-refractivity contribution in [1.29, 1.82) is 0 Å². The van der Waals surface area contributed by atoms with E-state index in [0.717, 1.165) is 0 Å². The van der Waals surface area contributed by atoms with E-state index < -0.39 is 5.97 Å². The van der Waals surface area contributed by atoms with Crippen molar-refractivity contribution in [2.75, 3.05) is 0 Å². The molecule has 1 rings (SSSR count). The molecule has 0 radical (unpaired) electrons. The van der Waals surface area contributed by atoms with Gasteiger partial charge in [0.05, 0.1) is 5.70 Å². The Kier molecular flexibility index (Phi) is 6.86. The Bertz CT molecular complexity index is 812. The first-order valence-electron chi connectivity index (χ1n) is 7.38. The van der Waals surface area contributed by atoms with E-state index in [0.29, 0.717) is 28.4 Å². The predicted molar refractivity (Wildman–Crippen MR) is 98.5 cm³/mol. The summed E-state index contributed by atoms with van der Waals surface area (Å²) in [7, 11) is 0. The van der Waals surface area contributed by atoms with Crippen LogP contribution in [0.5, 0.6) is 0 Å². The average molecular weight is 343 g/mol. The zero-order chi connectivity index (χ0) is 19.1. The van der Waals surface area contributed by atoms with Crippen LogP contribution in [0.3, 0.4) is 0 Å². The van der Waals surface area contributed by atoms with Crippen molar-refractivity contribution < 1.29 is 14.7 Å². The minimum Gasteiger partial charge on any atom is -0.480 e. The van der Waals surface area contributed by atoms with Crippen LogP contribution >= 0.6 is 0 Å². The number of nitrogens with zero attached hydrogens (tertiary/aromatic N) is 5. The third-order valence-corrected chi connectivity index (χ3v) is 3.40. The number of aliphatic imine (C=N–C) groups is 3. The van der Waals surface area contributed by atoms with Gasteiger partial charge in [0, 0.05) is 24.4 Å². The Labute approximate surface area is 146 Å². The summed E-state index contributed by atoms with van der Waals surface area (Å²) < 4.78 is 1.27. The van der Waals surface area contributed by atoms with Crippen LogP contribution in [0, 0.1) is 6.92 Å². The highest BCUT2D eigenvalue weighted by atomic mass is 16.4. The van der Waals surface area contributed by atoms with Crippen molar-refractivity contribution in [3.8, 4) is 0 Å². The molecule has 0 fully saturated rings. The van der Waals surface area contributed by atoms with E-state index in [1.165, 1.54) is 11.6 Å². The zero-order valence-corrected chi connectivity index (χ0v) is 14.8. The van der Waals surface area contributed by atoms with Gasteiger partial charge in [-0.15, -0.1) is 0 Å². The van der Waals surface area contributed by atoms with E-state index >= 15 is 0 Å². The average Bonchev–Trinajstić information content (AvgIpc) is 2.85. The van der Waals surface area contributed by atoms with Gasteiger partial charge in [-0.1, -0.05) is 0 Å². The van der Waals surface area contributed by atoms with Crippen molar-refractivity contribution in [2.24, 2.45) is 15.0 Å². The molecule has 132 valence electrons. The van der Waals surface area contributed by atoms with Crippen molar-refractivity contribution >= 4 is 37.1 Å². The smallest absolute Gasteiger partial charge is 0.325 e. The summed E-state index contributed by atoms with van der Waals surface area (Å²) in [6, 6.07) is 0. The number of allylic oxidation sites excluding steroid dienone is 1. The largest absolute Gasteiger partial charge is 0.480 e. The molecule has 0 aliphatic rings. The Balaban J connectivity index is 3.46. The number of ketones is 1. The molecule has 0 atom stereocenters. The van der Waals surface area contributed by atoms with Crippen LogP contribution in [0.25, 0.3) is 6.08 Å². The number of Topliss-reactive ketones (excluding diaryl/α,β-unsaturated/α-hetero) is 1. The van der Waals surface area contributed by atoms with E-state index in [1.54, 1.807) is 33.0 Å². The van der Waals surface area contributed by atoms with Gasteiger partial charge in [0.1, 0.15) is 18.1 Å². The van der Waals surface area contributed by atoms with Crippen molar-refractivity contribution in [3.05, 3.63) is 34.4 Å². The molecule has 0 unspecified atom stereocenters. The Hall–Kier alpha value is -3.16. The maximum atomic E-state index is 11.9. The molecule has 0 aliphatic heterocycles. The molecule has 0 spiro atoms. The molecule has 25 heavy (non-hydrogen) atoms. The van der Waals surface area contributed by atoms with Crippen molar-refractivity contribution in [2.45, 2.75) is 34.2 Å². The van der Waals surface area contributed by atoms with Crippen LogP contribution in [0.15, 0.2) is 32.4 Å². The lowest BCUT2D eigenvalue weighted by molar-refractivity contribution is -0.137. The van der Waals surface area contributed by atoms with Gasteiger partial charge in [-0.3, -0.25) is 19.3 Å². The number of carboxylic acid groups (broad SMARTS) is 1. The van der Waals surface area contributed by atoms with Crippen LogP contribution in [0.4, 0.5) is 0 Å². The second-order valence-corrected chi connectivity index (χ2v) is 5.29.